The smallest absolute Gasteiger partial charge is 0.335 e. The van der Waals surface area contributed by atoms with Crippen LogP contribution in [0.25, 0.3) is 0 Å². The van der Waals surface area contributed by atoms with E-state index in [1.807, 2.05) is 24.3 Å². The molecule has 4 heteroatoms. The van der Waals surface area contributed by atoms with Gasteiger partial charge in [0.25, 0.3) is 0 Å². The molecule has 0 aromatic rings. The molecule has 25 heavy (non-hydrogen) atoms. The van der Waals surface area contributed by atoms with Crippen LogP contribution in [0.4, 0.5) is 0 Å². The summed E-state index contributed by atoms with van der Waals surface area (Å²) >= 11 is 0. The van der Waals surface area contributed by atoms with Crippen LogP contribution in [-0.4, -0.2) is 17.1 Å². The first-order chi connectivity index (χ1) is 12.1. The highest BCUT2D eigenvalue weighted by Gasteiger charge is 2.35. The number of carboxylic acid groups (broad SMARTS) is 1. The standard InChI is InChI=1S/C21H24N2O2/c22-17-9-5-4-8-15(17)20-19(13-6-2-1-3-7-13)16-11-10-14(21(24)25)12-18(16)23-20/h4-5,9-13,18,23H,1-3,6-8,22H2,(H,24,25). The molecule has 1 atom stereocenters. The molecule has 1 saturated carbocycles. The summed E-state index contributed by atoms with van der Waals surface area (Å²) in [5.74, 6) is -0.343. The Kier molecular flexibility index (Phi) is 4.12. The maximum absolute atomic E-state index is 11.3. The second kappa shape index (κ2) is 6.43. The molecule has 1 heterocycles. The number of nitrogens with one attached hydrogen (secondary N) is 1. The van der Waals surface area contributed by atoms with Crippen LogP contribution in [0.2, 0.25) is 0 Å². The van der Waals surface area contributed by atoms with E-state index < -0.39 is 5.97 Å². The van der Waals surface area contributed by atoms with Gasteiger partial charge in [-0.05, 0) is 54.6 Å². The molecule has 0 spiro atoms. The van der Waals surface area contributed by atoms with E-state index in [-0.39, 0.29) is 6.04 Å². The number of fused-ring (bicyclic) bond motifs is 1. The molecule has 4 nitrogen and oxygen atoms in total. The van der Waals surface area contributed by atoms with Gasteiger partial charge in [-0.25, -0.2) is 4.79 Å². The van der Waals surface area contributed by atoms with Crippen molar-refractivity contribution in [3.8, 4) is 0 Å². The number of carboxylic acids is 1. The van der Waals surface area contributed by atoms with E-state index in [9.17, 15) is 9.90 Å². The zero-order chi connectivity index (χ0) is 17.4. The van der Waals surface area contributed by atoms with Crippen molar-refractivity contribution in [3.05, 3.63) is 70.1 Å². The lowest BCUT2D eigenvalue weighted by atomic mass is 9.79. The van der Waals surface area contributed by atoms with Crippen LogP contribution < -0.4 is 11.1 Å². The van der Waals surface area contributed by atoms with Gasteiger partial charge in [0.05, 0.1) is 11.6 Å². The number of rotatable bonds is 2. The van der Waals surface area contributed by atoms with Gasteiger partial charge in [0.1, 0.15) is 0 Å². The topological polar surface area (TPSA) is 75.3 Å². The highest BCUT2D eigenvalue weighted by atomic mass is 16.4. The van der Waals surface area contributed by atoms with Gasteiger partial charge in [-0.15, -0.1) is 0 Å². The van der Waals surface area contributed by atoms with Crippen LogP contribution in [-0.2, 0) is 4.79 Å². The third kappa shape index (κ3) is 2.86. The maximum Gasteiger partial charge on any atom is 0.335 e. The Morgan fingerprint density at radius 2 is 2.00 bits per heavy atom. The first-order valence-corrected chi connectivity index (χ1v) is 9.15. The molecular formula is C21H24N2O2. The van der Waals surface area contributed by atoms with Crippen molar-refractivity contribution in [2.45, 2.75) is 44.6 Å². The summed E-state index contributed by atoms with van der Waals surface area (Å²) in [7, 11) is 0. The average Bonchev–Trinajstić information content (AvgIpc) is 3.01. The Labute approximate surface area is 148 Å². The van der Waals surface area contributed by atoms with Crippen LogP contribution in [0.5, 0.6) is 0 Å². The van der Waals surface area contributed by atoms with Crippen molar-refractivity contribution in [3.63, 3.8) is 0 Å². The minimum Gasteiger partial charge on any atom is -0.478 e. The van der Waals surface area contributed by atoms with E-state index in [4.69, 9.17) is 5.73 Å². The van der Waals surface area contributed by atoms with Gasteiger partial charge in [-0.1, -0.05) is 37.5 Å². The minimum absolute atomic E-state index is 0.0609. The van der Waals surface area contributed by atoms with Crippen molar-refractivity contribution in [1.82, 2.24) is 5.32 Å². The summed E-state index contributed by atoms with van der Waals surface area (Å²) in [4.78, 5) is 11.3. The van der Waals surface area contributed by atoms with Gasteiger partial charge in [0, 0.05) is 17.0 Å². The lowest BCUT2D eigenvalue weighted by Gasteiger charge is -2.26. The molecule has 0 aromatic carbocycles. The minimum atomic E-state index is -0.877. The second-order valence-electron chi connectivity index (χ2n) is 7.19. The van der Waals surface area contributed by atoms with Gasteiger partial charge < -0.3 is 16.2 Å². The monoisotopic (exact) mass is 336 g/mol. The van der Waals surface area contributed by atoms with E-state index in [1.165, 1.54) is 43.3 Å². The molecule has 0 bridgehead atoms. The lowest BCUT2D eigenvalue weighted by Crippen LogP contribution is -2.26. The molecule has 0 aromatic heterocycles. The Bertz CT molecular complexity index is 787. The van der Waals surface area contributed by atoms with Crippen molar-refractivity contribution < 1.29 is 9.90 Å². The van der Waals surface area contributed by atoms with Crippen LogP contribution >= 0.6 is 0 Å². The first kappa shape index (κ1) is 16.0. The molecule has 1 aliphatic heterocycles. The fraction of sp³-hybridized carbons (Fsp3) is 0.381. The third-order valence-electron chi connectivity index (χ3n) is 5.65. The molecule has 1 unspecified atom stereocenters. The summed E-state index contributed by atoms with van der Waals surface area (Å²) in [6.45, 7) is 0. The zero-order valence-electron chi connectivity index (χ0n) is 14.3. The van der Waals surface area contributed by atoms with Crippen molar-refractivity contribution >= 4 is 5.97 Å². The largest absolute Gasteiger partial charge is 0.478 e. The van der Waals surface area contributed by atoms with E-state index in [2.05, 4.69) is 11.4 Å². The number of hydrogen-bond donors (Lipinski definition) is 3. The van der Waals surface area contributed by atoms with Crippen molar-refractivity contribution in [2.24, 2.45) is 11.7 Å². The summed E-state index contributed by atoms with van der Waals surface area (Å²) < 4.78 is 0. The zero-order valence-corrected chi connectivity index (χ0v) is 14.3. The number of aliphatic carboxylic acids is 1. The van der Waals surface area contributed by atoms with Gasteiger partial charge in [-0.2, -0.15) is 0 Å². The molecule has 130 valence electrons. The van der Waals surface area contributed by atoms with E-state index in [0.29, 0.717) is 11.5 Å². The summed E-state index contributed by atoms with van der Waals surface area (Å²) in [6, 6.07) is -0.0609. The van der Waals surface area contributed by atoms with Crippen molar-refractivity contribution in [2.75, 3.05) is 0 Å². The highest BCUT2D eigenvalue weighted by molar-refractivity contribution is 5.91. The predicted octanol–water partition coefficient (Wildman–Crippen LogP) is 3.47. The predicted molar refractivity (Wildman–Crippen MR) is 98.4 cm³/mol. The Balaban J connectivity index is 1.81. The van der Waals surface area contributed by atoms with E-state index >= 15 is 0 Å². The normalized spacial score (nSPS) is 29.2. The molecule has 0 amide bonds. The Morgan fingerprint density at radius 3 is 2.72 bits per heavy atom. The van der Waals surface area contributed by atoms with Crippen molar-refractivity contribution in [1.29, 1.82) is 0 Å². The molecule has 4 rings (SSSR count). The molecule has 3 aliphatic carbocycles. The Morgan fingerprint density at radius 1 is 1.20 bits per heavy atom. The first-order valence-electron chi connectivity index (χ1n) is 9.15. The van der Waals surface area contributed by atoms with Gasteiger partial charge in [-0.3, -0.25) is 0 Å². The van der Waals surface area contributed by atoms with E-state index in [0.717, 1.165) is 23.4 Å². The molecule has 4 N–H and O–H groups in total. The summed E-state index contributed by atoms with van der Waals surface area (Å²) in [5.41, 5.74) is 12.3. The average molecular weight is 336 g/mol. The molecule has 0 saturated heterocycles. The SMILES string of the molecule is NC1=CC=CCC1=C1NC2C=C(C(=O)O)C=CC2=C1C1CCCCC1. The van der Waals surface area contributed by atoms with Crippen LogP contribution in [0.3, 0.4) is 0 Å². The fourth-order valence-corrected chi connectivity index (χ4v) is 4.41. The number of allylic oxidation sites excluding steroid dienone is 5. The summed E-state index contributed by atoms with van der Waals surface area (Å²) in [6.07, 6.45) is 18.7. The highest BCUT2D eigenvalue weighted by Crippen LogP contribution is 2.43. The second-order valence-corrected chi connectivity index (χ2v) is 7.19. The van der Waals surface area contributed by atoms with Crippen LogP contribution in [0, 0.1) is 5.92 Å². The Hall–Kier alpha value is -2.49. The van der Waals surface area contributed by atoms with Gasteiger partial charge in [0.2, 0.25) is 0 Å². The summed E-state index contributed by atoms with van der Waals surface area (Å²) in [5, 5.41) is 12.9. The fourth-order valence-electron chi connectivity index (χ4n) is 4.41. The van der Waals surface area contributed by atoms with Gasteiger partial charge >= 0.3 is 5.97 Å². The third-order valence-corrected chi connectivity index (χ3v) is 5.65. The number of hydrogen-bond acceptors (Lipinski definition) is 3. The maximum atomic E-state index is 11.3. The van der Waals surface area contributed by atoms with Gasteiger partial charge in [0.15, 0.2) is 0 Å². The molecule has 0 radical (unpaired) electrons. The molecule has 4 aliphatic rings. The number of nitrogens with two attached hydrogens (primary N) is 1. The van der Waals surface area contributed by atoms with E-state index in [1.54, 1.807) is 6.08 Å². The lowest BCUT2D eigenvalue weighted by molar-refractivity contribution is -0.132. The van der Waals surface area contributed by atoms with Crippen LogP contribution in [0.1, 0.15) is 38.5 Å². The number of carbonyl (C=O) groups is 1. The molecular weight excluding hydrogens is 312 g/mol. The quantitative estimate of drug-likeness (QED) is 0.722. The molecule has 1 fully saturated rings. The van der Waals surface area contributed by atoms with Crippen LogP contribution in [0.15, 0.2) is 70.1 Å².